The Morgan fingerprint density at radius 1 is 1.13 bits per heavy atom. The molecule has 2 aromatic carbocycles. The van der Waals surface area contributed by atoms with Gasteiger partial charge in [0.15, 0.2) is 5.69 Å². The lowest BCUT2D eigenvalue weighted by Gasteiger charge is -2.22. The molecule has 2 N–H and O–H groups in total. The number of hydrogen-bond donors (Lipinski definition) is 2. The Morgan fingerprint density at radius 2 is 1.93 bits per heavy atom. The van der Waals surface area contributed by atoms with Gasteiger partial charge in [-0.2, -0.15) is 5.10 Å². The number of piperidine rings is 1. The highest BCUT2D eigenvalue weighted by Gasteiger charge is 2.17. The predicted molar refractivity (Wildman–Crippen MR) is 118 cm³/mol. The predicted octanol–water partition coefficient (Wildman–Crippen LogP) is 4.28. The molecule has 0 bridgehead atoms. The maximum atomic E-state index is 12.5. The number of carbonyl (C=O) groups is 1. The van der Waals surface area contributed by atoms with E-state index in [0.717, 1.165) is 31.7 Å². The second kappa shape index (κ2) is 10.1. The van der Waals surface area contributed by atoms with E-state index < -0.39 is 0 Å². The number of rotatable bonds is 6. The Hall–Kier alpha value is -3.03. The van der Waals surface area contributed by atoms with Crippen LogP contribution >= 0.6 is 12.4 Å². The fraction of sp³-hybridized carbons (Fsp3) is 0.273. The van der Waals surface area contributed by atoms with Gasteiger partial charge in [0.25, 0.3) is 5.91 Å². The summed E-state index contributed by atoms with van der Waals surface area (Å²) in [4.78, 5) is 12.5. The maximum absolute atomic E-state index is 12.5. The van der Waals surface area contributed by atoms with E-state index in [1.807, 2.05) is 35.1 Å². The van der Waals surface area contributed by atoms with Crippen LogP contribution in [0.4, 0.5) is 5.69 Å². The minimum Gasteiger partial charge on any atom is -0.497 e. The number of ether oxygens (including phenoxy) is 2. The van der Waals surface area contributed by atoms with Crippen LogP contribution in [0, 0.1) is 0 Å². The smallest absolute Gasteiger partial charge is 0.276 e. The molecule has 30 heavy (non-hydrogen) atoms. The van der Waals surface area contributed by atoms with Crippen molar-refractivity contribution in [2.75, 3.05) is 25.5 Å². The van der Waals surface area contributed by atoms with Gasteiger partial charge in [-0.25, -0.2) is 0 Å². The molecular formula is C22H25ClN4O3. The Balaban J connectivity index is 0.00000256. The number of benzene rings is 2. The largest absolute Gasteiger partial charge is 0.497 e. The molecule has 3 aromatic rings. The zero-order valence-corrected chi connectivity index (χ0v) is 17.5. The number of halogens is 1. The highest BCUT2D eigenvalue weighted by molar-refractivity contribution is 6.02. The van der Waals surface area contributed by atoms with Crippen molar-refractivity contribution in [3.63, 3.8) is 0 Å². The molecule has 0 saturated carbocycles. The van der Waals surface area contributed by atoms with E-state index in [-0.39, 0.29) is 18.3 Å². The summed E-state index contributed by atoms with van der Waals surface area (Å²) in [5.41, 5.74) is 1.09. The van der Waals surface area contributed by atoms with E-state index in [9.17, 15) is 4.79 Å². The first-order chi connectivity index (χ1) is 14.2. The Labute approximate surface area is 181 Å². The lowest BCUT2D eigenvalue weighted by molar-refractivity contribution is 0.102. The first-order valence-electron chi connectivity index (χ1n) is 9.70. The van der Waals surface area contributed by atoms with Crippen LogP contribution in [0.25, 0.3) is 0 Å². The number of amides is 1. The van der Waals surface area contributed by atoms with Gasteiger partial charge in [-0.3, -0.25) is 9.48 Å². The van der Waals surface area contributed by atoms with Gasteiger partial charge in [-0.05, 0) is 61.9 Å². The summed E-state index contributed by atoms with van der Waals surface area (Å²) < 4.78 is 12.9. The average molecular weight is 429 g/mol. The minimum absolute atomic E-state index is 0. The molecule has 1 amide bonds. The third-order valence-electron chi connectivity index (χ3n) is 4.88. The van der Waals surface area contributed by atoms with Crippen LogP contribution in [0.3, 0.4) is 0 Å². The maximum Gasteiger partial charge on any atom is 0.276 e. The molecule has 1 atom stereocenters. The topological polar surface area (TPSA) is 77.4 Å². The number of aromatic nitrogens is 2. The molecule has 1 aliphatic rings. The van der Waals surface area contributed by atoms with Crippen molar-refractivity contribution in [1.29, 1.82) is 0 Å². The van der Waals surface area contributed by atoms with Gasteiger partial charge < -0.3 is 20.1 Å². The first kappa shape index (κ1) is 21.7. The molecule has 1 fully saturated rings. The lowest BCUT2D eigenvalue weighted by atomic mass is 10.1. The second-order valence-electron chi connectivity index (χ2n) is 6.94. The van der Waals surface area contributed by atoms with Crippen molar-refractivity contribution in [3.05, 3.63) is 66.5 Å². The quantitative estimate of drug-likeness (QED) is 0.612. The lowest BCUT2D eigenvalue weighted by Crippen LogP contribution is -2.32. The number of anilines is 1. The van der Waals surface area contributed by atoms with Crippen LogP contribution in [0.15, 0.2) is 60.8 Å². The molecular weight excluding hydrogens is 404 g/mol. The number of hydrogen-bond acceptors (Lipinski definition) is 5. The molecule has 1 unspecified atom stereocenters. The fourth-order valence-corrected chi connectivity index (χ4v) is 3.32. The van der Waals surface area contributed by atoms with Gasteiger partial charge in [-0.15, -0.1) is 12.4 Å². The van der Waals surface area contributed by atoms with Crippen molar-refractivity contribution in [1.82, 2.24) is 15.1 Å². The van der Waals surface area contributed by atoms with E-state index in [0.29, 0.717) is 28.9 Å². The van der Waals surface area contributed by atoms with Crippen LogP contribution in [-0.4, -0.2) is 35.9 Å². The molecule has 1 aromatic heterocycles. The van der Waals surface area contributed by atoms with E-state index >= 15 is 0 Å². The van der Waals surface area contributed by atoms with Crippen molar-refractivity contribution < 1.29 is 14.3 Å². The number of nitrogens with zero attached hydrogens (tertiary/aromatic N) is 2. The summed E-state index contributed by atoms with van der Waals surface area (Å²) in [6.45, 7) is 1.93. The van der Waals surface area contributed by atoms with E-state index in [1.54, 1.807) is 37.4 Å². The van der Waals surface area contributed by atoms with Crippen molar-refractivity contribution >= 4 is 24.0 Å². The SMILES string of the molecule is COc1cccc(Oc2ccc(NC(=O)c3ccn(C4CCCNC4)n3)cc2)c1.Cl. The molecule has 1 saturated heterocycles. The third kappa shape index (κ3) is 5.31. The molecule has 4 rings (SSSR count). The van der Waals surface area contributed by atoms with Crippen LogP contribution in [0.2, 0.25) is 0 Å². The number of nitrogens with one attached hydrogen (secondary N) is 2. The molecule has 1 aliphatic heterocycles. The first-order valence-corrected chi connectivity index (χ1v) is 9.70. The summed E-state index contributed by atoms with van der Waals surface area (Å²) in [5, 5.41) is 10.7. The summed E-state index contributed by atoms with van der Waals surface area (Å²) >= 11 is 0. The summed E-state index contributed by atoms with van der Waals surface area (Å²) in [5.74, 6) is 1.86. The molecule has 7 nitrogen and oxygen atoms in total. The van der Waals surface area contributed by atoms with Gasteiger partial charge >= 0.3 is 0 Å². The van der Waals surface area contributed by atoms with Crippen molar-refractivity contribution in [3.8, 4) is 17.2 Å². The van der Waals surface area contributed by atoms with Gasteiger partial charge in [0.05, 0.1) is 13.2 Å². The standard InChI is InChI=1S/C22H24N4O3.ClH/c1-28-19-5-2-6-20(14-19)29-18-9-7-16(8-10-18)24-22(27)21-11-13-26(25-21)17-4-3-12-23-15-17;/h2,5-11,13-14,17,23H,3-4,12,15H2,1H3,(H,24,27);1H. The highest BCUT2D eigenvalue weighted by Crippen LogP contribution is 2.26. The van der Waals surface area contributed by atoms with E-state index in [1.165, 1.54) is 0 Å². The summed E-state index contributed by atoms with van der Waals surface area (Å²) in [6.07, 6.45) is 4.07. The number of methoxy groups -OCH3 is 1. The monoisotopic (exact) mass is 428 g/mol. The highest BCUT2D eigenvalue weighted by atomic mass is 35.5. The average Bonchev–Trinajstić information content (AvgIpc) is 3.26. The summed E-state index contributed by atoms with van der Waals surface area (Å²) in [6, 6.07) is 16.7. The van der Waals surface area contributed by atoms with E-state index in [2.05, 4.69) is 15.7 Å². The molecule has 2 heterocycles. The van der Waals surface area contributed by atoms with Gasteiger partial charge in [-0.1, -0.05) is 6.07 Å². The molecule has 0 aliphatic carbocycles. The van der Waals surface area contributed by atoms with Gasteiger partial charge in [0.2, 0.25) is 0 Å². The zero-order valence-electron chi connectivity index (χ0n) is 16.7. The van der Waals surface area contributed by atoms with Crippen LogP contribution in [-0.2, 0) is 0 Å². The number of carbonyl (C=O) groups excluding carboxylic acids is 1. The Kier molecular flexibility index (Phi) is 7.32. The molecule has 8 heteroatoms. The second-order valence-corrected chi connectivity index (χ2v) is 6.94. The van der Waals surface area contributed by atoms with Crippen molar-refractivity contribution in [2.45, 2.75) is 18.9 Å². The van der Waals surface area contributed by atoms with Crippen molar-refractivity contribution in [2.24, 2.45) is 0 Å². The van der Waals surface area contributed by atoms with Gasteiger partial charge in [0.1, 0.15) is 17.2 Å². The Morgan fingerprint density at radius 3 is 2.67 bits per heavy atom. The van der Waals surface area contributed by atoms with Crippen LogP contribution < -0.4 is 20.1 Å². The third-order valence-corrected chi connectivity index (χ3v) is 4.88. The van der Waals surface area contributed by atoms with Gasteiger partial charge in [0, 0.05) is 24.5 Å². The summed E-state index contributed by atoms with van der Waals surface area (Å²) in [7, 11) is 1.62. The molecule has 158 valence electrons. The zero-order chi connectivity index (χ0) is 20.1. The Bertz CT molecular complexity index is 969. The molecule has 0 radical (unpaired) electrons. The normalized spacial score (nSPS) is 15.7. The van der Waals surface area contributed by atoms with E-state index in [4.69, 9.17) is 9.47 Å². The van der Waals surface area contributed by atoms with Crippen LogP contribution in [0.1, 0.15) is 29.4 Å². The fourth-order valence-electron chi connectivity index (χ4n) is 3.32. The minimum atomic E-state index is -0.228. The van der Waals surface area contributed by atoms with Crippen LogP contribution in [0.5, 0.6) is 17.2 Å². The molecule has 0 spiro atoms.